The molecule has 0 radical (unpaired) electrons. The van der Waals surface area contributed by atoms with Crippen molar-refractivity contribution in [2.75, 3.05) is 19.0 Å². The first-order valence-electron chi connectivity index (χ1n) is 7.68. The molecule has 2 aromatic carbocycles. The van der Waals surface area contributed by atoms with E-state index in [1.54, 1.807) is 4.68 Å². The summed E-state index contributed by atoms with van der Waals surface area (Å²) in [5.74, 6) is 0.394. The van der Waals surface area contributed by atoms with E-state index in [0.717, 1.165) is 16.9 Å². The maximum Gasteiger partial charge on any atom is 0.251 e. The average Bonchev–Trinajstić information content (AvgIpc) is 3.00. The zero-order chi connectivity index (χ0) is 16.9. The van der Waals surface area contributed by atoms with Gasteiger partial charge in [-0.2, -0.15) is 5.10 Å². The van der Waals surface area contributed by atoms with Crippen molar-refractivity contribution in [3.05, 3.63) is 66.2 Å². The third-order valence-corrected chi connectivity index (χ3v) is 3.60. The summed E-state index contributed by atoms with van der Waals surface area (Å²) in [6, 6.07) is 19.7. The van der Waals surface area contributed by atoms with Gasteiger partial charge < -0.3 is 10.1 Å². The van der Waals surface area contributed by atoms with Crippen LogP contribution in [0.4, 0.5) is 5.82 Å². The van der Waals surface area contributed by atoms with Gasteiger partial charge in [-0.1, -0.05) is 48.0 Å². The maximum atomic E-state index is 11.9. The van der Waals surface area contributed by atoms with E-state index in [2.05, 4.69) is 10.4 Å². The molecule has 0 aliphatic rings. The molecule has 0 saturated carbocycles. The van der Waals surface area contributed by atoms with Crippen LogP contribution >= 0.6 is 0 Å². The van der Waals surface area contributed by atoms with Crippen LogP contribution in [0.25, 0.3) is 16.9 Å². The number of aromatic nitrogens is 2. The highest BCUT2D eigenvalue weighted by molar-refractivity contribution is 5.91. The Morgan fingerprint density at radius 2 is 1.83 bits per heavy atom. The highest BCUT2D eigenvalue weighted by Gasteiger charge is 2.13. The number of nitrogens with zero attached hydrogens (tertiary/aromatic N) is 2. The quantitative estimate of drug-likeness (QED) is 0.783. The van der Waals surface area contributed by atoms with E-state index < -0.39 is 0 Å². The molecular weight excluding hydrogens is 302 g/mol. The molecule has 1 heterocycles. The minimum atomic E-state index is -0.217. The number of aryl methyl sites for hydroxylation is 1. The Labute approximate surface area is 140 Å². The molecule has 1 aromatic heterocycles. The highest BCUT2D eigenvalue weighted by atomic mass is 16.5. The number of hydrogen-bond donors (Lipinski definition) is 1. The summed E-state index contributed by atoms with van der Waals surface area (Å²) in [7, 11) is 1.49. The van der Waals surface area contributed by atoms with Crippen molar-refractivity contribution in [1.29, 1.82) is 0 Å². The standard InChI is InChI=1S/C19H19N3O2/c1-14-8-10-16(11-9-14)22-18(20-19(23)13-24-2)12-17(21-22)15-6-4-3-5-7-15/h3-12H,13H2,1-2H3,(H,20,23). The lowest BCUT2D eigenvalue weighted by Gasteiger charge is -2.08. The Hall–Kier alpha value is -2.92. The number of nitrogens with one attached hydrogen (secondary N) is 1. The molecule has 1 amide bonds. The second-order valence-electron chi connectivity index (χ2n) is 5.51. The molecule has 1 N–H and O–H groups in total. The number of rotatable bonds is 5. The van der Waals surface area contributed by atoms with E-state index in [9.17, 15) is 4.79 Å². The summed E-state index contributed by atoms with van der Waals surface area (Å²) in [4.78, 5) is 11.9. The van der Waals surface area contributed by atoms with Crippen LogP contribution in [0.3, 0.4) is 0 Å². The van der Waals surface area contributed by atoms with Crippen LogP contribution in [-0.4, -0.2) is 29.4 Å². The van der Waals surface area contributed by atoms with Crippen molar-refractivity contribution in [2.45, 2.75) is 6.92 Å². The van der Waals surface area contributed by atoms with Crippen LogP contribution in [0.1, 0.15) is 5.56 Å². The van der Waals surface area contributed by atoms with Crippen molar-refractivity contribution >= 4 is 11.7 Å². The molecule has 0 spiro atoms. The molecule has 3 aromatic rings. The predicted molar refractivity (Wildman–Crippen MR) is 94.2 cm³/mol. The van der Waals surface area contributed by atoms with Crippen LogP contribution in [0.5, 0.6) is 0 Å². The van der Waals surface area contributed by atoms with Crippen molar-refractivity contribution in [3.8, 4) is 16.9 Å². The molecule has 5 heteroatoms. The van der Waals surface area contributed by atoms with Crippen LogP contribution in [0.15, 0.2) is 60.7 Å². The molecule has 24 heavy (non-hydrogen) atoms. The molecule has 0 atom stereocenters. The zero-order valence-electron chi connectivity index (χ0n) is 13.7. The molecule has 0 unspecified atom stereocenters. The van der Waals surface area contributed by atoms with Gasteiger partial charge in [-0.25, -0.2) is 4.68 Å². The maximum absolute atomic E-state index is 11.9. The Morgan fingerprint density at radius 3 is 2.50 bits per heavy atom. The van der Waals surface area contributed by atoms with Gasteiger partial charge in [0.1, 0.15) is 12.4 Å². The normalized spacial score (nSPS) is 10.6. The Balaban J connectivity index is 2.02. The summed E-state index contributed by atoms with van der Waals surface area (Å²) in [5, 5.41) is 7.51. The van der Waals surface area contributed by atoms with Crippen LogP contribution in [0, 0.1) is 6.92 Å². The lowest BCUT2D eigenvalue weighted by molar-refractivity contribution is -0.119. The number of anilines is 1. The minimum Gasteiger partial charge on any atom is -0.375 e. The largest absolute Gasteiger partial charge is 0.375 e. The Morgan fingerprint density at radius 1 is 1.12 bits per heavy atom. The van der Waals surface area contributed by atoms with Gasteiger partial charge in [0.05, 0.1) is 11.4 Å². The van der Waals surface area contributed by atoms with Gasteiger partial charge in [-0.15, -0.1) is 0 Å². The third kappa shape index (κ3) is 3.52. The van der Waals surface area contributed by atoms with Crippen molar-refractivity contribution in [1.82, 2.24) is 9.78 Å². The lowest BCUT2D eigenvalue weighted by Crippen LogP contribution is -2.19. The number of carbonyl (C=O) groups is 1. The van der Waals surface area contributed by atoms with Crippen LogP contribution < -0.4 is 5.32 Å². The van der Waals surface area contributed by atoms with E-state index in [0.29, 0.717) is 5.82 Å². The summed E-state index contributed by atoms with van der Waals surface area (Å²) in [6.07, 6.45) is 0. The van der Waals surface area contributed by atoms with Gasteiger partial charge >= 0.3 is 0 Å². The highest BCUT2D eigenvalue weighted by Crippen LogP contribution is 2.24. The van der Waals surface area contributed by atoms with Crippen LogP contribution in [0.2, 0.25) is 0 Å². The monoisotopic (exact) mass is 321 g/mol. The summed E-state index contributed by atoms with van der Waals surface area (Å²) in [5.41, 5.74) is 3.84. The van der Waals surface area contributed by atoms with Gasteiger partial charge in [0, 0.05) is 18.7 Å². The molecule has 5 nitrogen and oxygen atoms in total. The Kier molecular flexibility index (Phi) is 4.72. The summed E-state index contributed by atoms with van der Waals surface area (Å²) < 4.78 is 6.62. The second kappa shape index (κ2) is 7.10. The van der Waals surface area contributed by atoms with E-state index in [1.165, 1.54) is 12.7 Å². The second-order valence-corrected chi connectivity index (χ2v) is 5.51. The van der Waals surface area contributed by atoms with E-state index >= 15 is 0 Å². The molecule has 0 bridgehead atoms. The smallest absolute Gasteiger partial charge is 0.251 e. The first-order valence-corrected chi connectivity index (χ1v) is 7.68. The molecule has 0 fully saturated rings. The van der Waals surface area contributed by atoms with Crippen molar-refractivity contribution < 1.29 is 9.53 Å². The number of hydrogen-bond acceptors (Lipinski definition) is 3. The van der Waals surface area contributed by atoms with Gasteiger partial charge in [0.15, 0.2) is 0 Å². The molecule has 0 saturated heterocycles. The summed E-state index contributed by atoms with van der Waals surface area (Å²) >= 11 is 0. The van der Waals surface area contributed by atoms with E-state index in [1.807, 2.05) is 67.6 Å². The molecular formula is C19H19N3O2. The SMILES string of the molecule is COCC(=O)Nc1cc(-c2ccccc2)nn1-c1ccc(C)cc1. The number of benzene rings is 2. The van der Waals surface area contributed by atoms with Gasteiger partial charge in [-0.3, -0.25) is 4.79 Å². The van der Waals surface area contributed by atoms with Gasteiger partial charge in [-0.05, 0) is 19.1 Å². The number of amides is 1. The minimum absolute atomic E-state index is 0.000250. The fourth-order valence-corrected chi connectivity index (χ4v) is 2.41. The fourth-order valence-electron chi connectivity index (χ4n) is 2.41. The fraction of sp³-hybridized carbons (Fsp3) is 0.158. The van der Waals surface area contributed by atoms with Crippen molar-refractivity contribution in [2.24, 2.45) is 0 Å². The van der Waals surface area contributed by atoms with E-state index in [-0.39, 0.29) is 12.5 Å². The van der Waals surface area contributed by atoms with Crippen LogP contribution in [-0.2, 0) is 9.53 Å². The number of methoxy groups -OCH3 is 1. The molecule has 3 rings (SSSR count). The number of ether oxygens (including phenoxy) is 1. The zero-order valence-corrected chi connectivity index (χ0v) is 13.7. The Bertz CT molecular complexity index is 824. The molecule has 0 aliphatic carbocycles. The molecule has 0 aliphatic heterocycles. The summed E-state index contributed by atoms with van der Waals surface area (Å²) in [6.45, 7) is 2.03. The predicted octanol–water partition coefficient (Wildman–Crippen LogP) is 3.43. The number of carbonyl (C=O) groups excluding carboxylic acids is 1. The first kappa shape index (κ1) is 16.0. The topological polar surface area (TPSA) is 56.1 Å². The lowest BCUT2D eigenvalue weighted by atomic mass is 10.2. The average molecular weight is 321 g/mol. The van der Waals surface area contributed by atoms with Gasteiger partial charge in [0.25, 0.3) is 5.91 Å². The first-order chi connectivity index (χ1) is 11.7. The third-order valence-electron chi connectivity index (χ3n) is 3.60. The molecule has 122 valence electrons. The van der Waals surface area contributed by atoms with E-state index in [4.69, 9.17) is 4.74 Å². The van der Waals surface area contributed by atoms with Gasteiger partial charge in [0.2, 0.25) is 0 Å². The van der Waals surface area contributed by atoms with Crippen molar-refractivity contribution in [3.63, 3.8) is 0 Å².